The van der Waals surface area contributed by atoms with Crippen LogP contribution in [0.15, 0.2) is 30.6 Å². The lowest BCUT2D eigenvalue weighted by Crippen LogP contribution is -2.28. The van der Waals surface area contributed by atoms with E-state index in [1.54, 1.807) is 19.3 Å². The van der Waals surface area contributed by atoms with Crippen molar-refractivity contribution in [2.45, 2.75) is 6.92 Å². The molecule has 1 unspecified atom stereocenters. The van der Waals surface area contributed by atoms with Crippen LogP contribution < -0.4 is 4.90 Å². The quantitative estimate of drug-likeness (QED) is 0.889. The number of anilines is 1. The average molecular weight is 245 g/mol. The Morgan fingerprint density at radius 1 is 1.39 bits per heavy atom. The maximum absolute atomic E-state index is 10.9. The first-order valence-corrected chi connectivity index (χ1v) is 5.73. The van der Waals surface area contributed by atoms with Gasteiger partial charge in [0.15, 0.2) is 0 Å². The summed E-state index contributed by atoms with van der Waals surface area (Å²) in [5.74, 6) is -1.23. The van der Waals surface area contributed by atoms with Crippen LogP contribution in [0.1, 0.15) is 6.92 Å². The molecule has 2 aromatic heterocycles. The first kappa shape index (κ1) is 12.3. The summed E-state index contributed by atoms with van der Waals surface area (Å²) in [6, 6.07) is 5.57. The minimum absolute atomic E-state index is 0.429. The van der Waals surface area contributed by atoms with Gasteiger partial charge in [-0.2, -0.15) is 0 Å². The average Bonchev–Trinajstić information content (AvgIpc) is 2.37. The lowest BCUT2D eigenvalue weighted by molar-refractivity contribution is -0.140. The Morgan fingerprint density at radius 2 is 2.17 bits per heavy atom. The van der Waals surface area contributed by atoms with Crippen LogP contribution in [-0.4, -0.2) is 34.6 Å². The van der Waals surface area contributed by atoms with Crippen molar-refractivity contribution in [3.8, 4) is 0 Å². The number of fused-ring (bicyclic) bond motifs is 1. The smallest absolute Gasteiger partial charge is 0.308 e. The third kappa shape index (κ3) is 2.40. The van der Waals surface area contributed by atoms with Gasteiger partial charge in [0.25, 0.3) is 0 Å². The number of hydrogen-bond acceptors (Lipinski definition) is 4. The fourth-order valence-corrected chi connectivity index (χ4v) is 1.86. The Hall–Kier alpha value is -2.17. The minimum atomic E-state index is -0.798. The van der Waals surface area contributed by atoms with Gasteiger partial charge in [-0.25, -0.2) is 0 Å². The number of hydrogen-bond donors (Lipinski definition) is 1. The molecule has 0 bridgehead atoms. The van der Waals surface area contributed by atoms with Crippen molar-refractivity contribution in [3.05, 3.63) is 30.6 Å². The van der Waals surface area contributed by atoms with Gasteiger partial charge in [-0.05, 0) is 18.2 Å². The zero-order valence-electron chi connectivity index (χ0n) is 10.4. The normalized spacial score (nSPS) is 12.3. The number of aliphatic carboxylic acids is 1. The molecule has 0 amide bonds. The van der Waals surface area contributed by atoms with Gasteiger partial charge in [-0.15, -0.1) is 0 Å². The summed E-state index contributed by atoms with van der Waals surface area (Å²) in [6.45, 7) is 2.13. The van der Waals surface area contributed by atoms with Crippen molar-refractivity contribution in [1.82, 2.24) is 9.97 Å². The van der Waals surface area contributed by atoms with Crippen molar-refractivity contribution in [2.75, 3.05) is 18.5 Å². The van der Waals surface area contributed by atoms with E-state index in [1.807, 2.05) is 30.1 Å². The Morgan fingerprint density at radius 3 is 2.89 bits per heavy atom. The third-order valence-electron chi connectivity index (χ3n) is 2.86. The van der Waals surface area contributed by atoms with E-state index in [1.165, 1.54) is 0 Å². The first-order chi connectivity index (χ1) is 8.59. The van der Waals surface area contributed by atoms with Crippen LogP contribution in [0, 0.1) is 5.92 Å². The lowest BCUT2D eigenvalue weighted by atomic mass is 10.1. The molecule has 0 radical (unpaired) electrons. The van der Waals surface area contributed by atoms with Gasteiger partial charge < -0.3 is 10.0 Å². The Bertz CT molecular complexity index is 566. The summed E-state index contributed by atoms with van der Waals surface area (Å²) in [4.78, 5) is 21.3. The van der Waals surface area contributed by atoms with E-state index in [2.05, 4.69) is 9.97 Å². The van der Waals surface area contributed by atoms with Crippen LogP contribution in [0.5, 0.6) is 0 Å². The van der Waals surface area contributed by atoms with E-state index < -0.39 is 11.9 Å². The van der Waals surface area contributed by atoms with Crippen molar-refractivity contribution in [2.24, 2.45) is 5.92 Å². The zero-order chi connectivity index (χ0) is 13.1. The molecule has 2 rings (SSSR count). The van der Waals surface area contributed by atoms with E-state index in [0.29, 0.717) is 6.54 Å². The Kier molecular flexibility index (Phi) is 3.41. The summed E-state index contributed by atoms with van der Waals surface area (Å²) in [5, 5.41) is 8.94. The molecule has 18 heavy (non-hydrogen) atoms. The predicted molar refractivity (Wildman–Crippen MR) is 69.6 cm³/mol. The highest BCUT2D eigenvalue weighted by Crippen LogP contribution is 2.22. The highest BCUT2D eigenvalue weighted by Gasteiger charge is 2.15. The standard InChI is InChI=1S/C13H15N3O2/c1-9(13(17)18)8-16(2)11-5-7-14-10-4-3-6-15-12(10)11/h3-7,9H,8H2,1-2H3,(H,17,18). The maximum atomic E-state index is 10.9. The number of nitrogens with zero attached hydrogens (tertiary/aromatic N) is 3. The second-order valence-electron chi connectivity index (χ2n) is 4.32. The SMILES string of the molecule is CC(CN(C)c1ccnc2cccnc12)C(=O)O. The molecule has 2 heterocycles. The van der Waals surface area contributed by atoms with Gasteiger partial charge in [-0.3, -0.25) is 14.8 Å². The van der Waals surface area contributed by atoms with E-state index in [-0.39, 0.29) is 0 Å². The topological polar surface area (TPSA) is 66.3 Å². The van der Waals surface area contributed by atoms with Crippen molar-refractivity contribution >= 4 is 22.7 Å². The predicted octanol–water partition coefficient (Wildman–Crippen LogP) is 1.79. The van der Waals surface area contributed by atoms with Crippen LogP contribution >= 0.6 is 0 Å². The van der Waals surface area contributed by atoms with E-state index >= 15 is 0 Å². The Labute approximate surface area is 105 Å². The molecule has 0 fully saturated rings. The molecule has 0 saturated heterocycles. The molecule has 94 valence electrons. The molecule has 0 saturated carbocycles. The number of carboxylic acids is 1. The van der Waals surface area contributed by atoms with Crippen LogP contribution in [0.25, 0.3) is 11.0 Å². The molecule has 1 atom stereocenters. The monoisotopic (exact) mass is 245 g/mol. The van der Waals surface area contributed by atoms with Crippen LogP contribution in [0.3, 0.4) is 0 Å². The molecule has 1 N–H and O–H groups in total. The van der Waals surface area contributed by atoms with Gasteiger partial charge in [0.1, 0.15) is 5.52 Å². The molecular weight excluding hydrogens is 230 g/mol. The first-order valence-electron chi connectivity index (χ1n) is 5.73. The number of aromatic nitrogens is 2. The summed E-state index contributed by atoms with van der Waals surface area (Å²) in [5.41, 5.74) is 2.50. The summed E-state index contributed by atoms with van der Waals surface area (Å²) >= 11 is 0. The minimum Gasteiger partial charge on any atom is -0.481 e. The molecule has 2 aromatic rings. The maximum Gasteiger partial charge on any atom is 0.308 e. The van der Waals surface area contributed by atoms with Crippen LogP contribution in [0.4, 0.5) is 5.69 Å². The molecule has 0 aliphatic carbocycles. The zero-order valence-corrected chi connectivity index (χ0v) is 10.4. The van der Waals surface area contributed by atoms with Gasteiger partial charge >= 0.3 is 5.97 Å². The fraction of sp³-hybridized carbons (Fsp3) is 0.308. The largest absolute Gasteiger partial charge is 0.481 e. The molecule has 0 aliphatic heterocycles. The van der Waals surface area contributed by atoms with Crippen molar-refractivity contribution in [3.63, 3.8) is 0 Å². The highest BCUT2D eigenvalue weighted by molar-refractivity contribution is 5.87. The second kappa shape index (κ2) is 5.00. The van der Waals surface area contributed by atoms with Crippen LogP contribution in [-0.2, 0) is 4.79 Å². The lowest BCUT2D eigenvalue weighted by Gasteiger charge is -2.22. The summed E-state index contributed by atoms with van der Waals surface area (Å²) in [6.07, 6.45) is 3.42. The third-order valence-corrected chi connectivity index (χ3v) is 2.86. The van der Waals surface area contributed by atoms with Gasteiger partial charge in [0.2, 0.25) is 0 Å². The van der Waals surface area contributed by atoms with E-state index in [9.17, 15) is 4.79 Å². The number of carbonyl (C=O) groups is 1. The molecule has 0 aromatic carbocycles. The molecule has 0 aliphatic rings. The van der Waals surface area contributed by atoms with E-state index in [4.69, 9.17) is 5.11 Å². The number of carboxylic acid groups (broad SMARTS) is 1. The van der Waals surface area contributed by atoms with E-state index in [0.717, 1.165) is 16.7 Å². The molecule has 5 heteroatoms. The molecule has 0 spiro atoms. The van der Waals surface area contributed by atoms with Crippen molar-refractivity contribution in [1.29, 1.82) is 0 Å². The number of pyridine rings is 2. The Balaban J connectivity index is 2.33. The number of rotatable bonds is 4. The second-order valence-corrected chi connectivity index (χ2v) is 4.32. The van der Waals surface area contributed by atoms with Crippen LogP contribution in [0.2, 0.25) is 0 Å². The summed E-state index contributed by atoms with van der Waals surface area (Å²) < 4.78 is 0. The molecular formula is C13H15N3O2. The molecule has 5 nitrogen and oxygen atoms in total. The fourth-order valence-electron chi connectivity index (χ4n) is 1.86. The van der Waals surface area contributed by atoms with Gasteiger partial charge in [0, 0.05) is 26.0 Å². The highest BCUT2D eigenvalue weighted by atomic mass is 16.4. The van der Waals surface area contributed by atoms with Crippen molar-refractivity contribution < 1.29 is 9.90 Å². The summed E-state index contributed by atoms with van der Waals surface area (Å²) in [7, 11) is 1.86. The van der Waals surface area contributed by atoms with Gasteiger partial charge in [0.05, 0.1) is 17.1 Å². The van der Waals surface area contributed by atoms with Gasteiger partial charge in [-0.1, -0.05) is 6.92 Å².